The molecule has 0 aromatic heterocycles. The number of thiocarbonyl (C=S) groups is 1. The van der Waals surface area contributed by atoms with Crippen molar-refractivity contribution in [2.45, 2.75) is 38.0 Å². The summed E-state index contributed by atoms with van der Waals surface area (Å²) >= 11 is 4.72. The fraction of sp³-hybridized carbons (Fsp3) is 0.875. The number of hydrogen-bond donors (Lipinski definition) is 1. The Morgan fingerprint density at radius 2 is 1.92 bits per heavy atom. The van der Waals surface area contributed by atoms with Crippen LogP contribution in [0.25, 0.3) is 0 Å². The molecule has 70 valence electrons. The molecule has 0 spiro atoms. The Morgan fingerprint density at radius 3 is 2.33 bits per heavy atom. The van der Waals surface area contributed by atoms with E-state index in [-0.39, 0.29) is 12.8 Å². The molecule has 0 radical (unpaired) electrons. The maximum atomic E-state index is 12.7. The molecule has 1 saturated carbocycles. The zero-order valence-corrected chi connectivity index (χ0v) is 7.67. The molecule has 1 rings (SSSR count). The van der Waals surface area contributed by atoms with Crippen molar-refractivity contribution in [2.24, 2.45) is 11.7 Å². The van der Waals surface area contributed by atoms with Crippen LogP contribution in [0, 0.1) is 5.92 Å². The first-order valence-electron chi connectivity index (χ1n) is 4.16. The standard InChI is InChI=1S/C8H13F2NS/c9-8(10)3-1-6(2-4-8)5-7(11)12/h6H,1-5H2,(H2,11,12). The van der Waals surface area contributed by atoms with Gasteiger partial charge in [-0.1, -0.05) is 12.2 Å². The smallest absolute Gasteiger partial charge is 0.248 e. The first kappa shape index (κ1) is 9.84. The molecule has 0 unspecified atom stereocenters. The van der Waals surface area contributed by atoms with E-state index >= 15 is 0 Å². The van der Waals surface area contributed by atoms with E-state index < -0.39 is 5.92 Å². The summed E-state index contributed by atoms with van der Waals surface area (Å²) in [7, 11) is 0. The molecule has 12 heavy (non-hydrogen) atoms. The Morgan fingerprint density at radius 1 is 1.42 bits per heavy atom. The molecule has 0 aromatic carbocycles. The van der Waals surface area contributed by atoms with Gasteiger partial charge in [0.15, 0.2) is 0 Å². The summed E-state index contributed by atoms with van der Waals surface area (Å²) < 4.78 is 25.3. The van der Waals surface area contributed by atoms with E-state index in [9.17, 15) is 8.78 Å². The van der Waals surface area contributed by atoms with Gasteiger partial charge in [0.1, 0.15) is 0 Å². The molecule has 0 saturated heterocycles. The lowest BCUT2D eigenvalue weighted by Gasteiger charge is -2.27. The molecule has 0 aliphatic heterocycles. The SMILES string of the molecule is NC(=S)CC1CCC(F)(F)CC1. The van der Waals surface area contributed by atoms with Crippen molar-refractivity contribution in [2.75, 3.05) is 0 Å². The topological polar surface area (TPSA) is 26.0 Å². The predicted octanol–water partition coefficient (Wildman–Crippen LogP) is 2.49. The van der Waals surface area contributed by atoms with Gasteiger partial charge in [0.05, 0.1) is 4.99 Å². The van der Waals surface area contributed by atoms with Crippen LogP contribution in [-0.4, -0.2) is 10.9 Å². The summed E-state index contributed by atoms with van der Waals surface area (Å²) in [4.78, 5) is 0.449. The van der Waals surface area contributed by atoms with Crippen molar-refractivity contribution >= 4 is 17.2 Å². The van der Waals surface area contributed by atoms with E-state index in [1.165, 1.54) is 0 Å². The molecule has 2 N–H and O–H groups in total. The number of alkyl halides is 2. The van der Waals surface area contributed by atoms with Crippen molar-refractivity contribution in [1.82, 2.24) is 0 Å². The summed E-state index contributed by atoms with van der Waals surface area (Å²) in [6.07, 6.45) is 1.75. The summed E-state index contributed by atoms with van der Waals surface area (Å²) in [6.45, 7) is 0. The highest BCUT2D eigenvalue weighted by atomic mass is 32.1. The molecule has 1 aliphatic rings. The van der Waals surface area contributed by atoms with Crippen molar-refractivity contribution in [3.05, 3.63) is 0 Å². The molecule has 1 aliphatic carbocycles. The molecule has 1 fully saturated rings. The molecule has 0 aromatic rings. The van der Waals surface area contributed by atoms with Crippen LogP contribution >= 0.6 is 12.2 Å². The Labute approximate surface area is 76.3 Å². The molecule has 0 atom stereocenters. The highest BCUT2D eigenvalue weighted by Gasteiger charge is 2.34. The fourth-order valence-electron chi connectivity index (χ4n) is 1.59. The zero-order chi connectivity index (χ0) is 9.19. The van der Waals surface area contributed by atoms with E-state index in [0.717, 1.165) is 0 Å². The lowest BCUT2D eigenvalue weighted by Crippen LogP contribution is -2.26. The lowest BCUT2D eigenvalue weighted by molar-refractivity contribution is -0.0449. The van der Waals surface area contributed by atoms with Crippen LogP contribution in [-0.2, 0) is 0 Å². The van der Waals surface area contributed by atoms with Crippen molar-refractivity contribution in [1.29, 1.82) is 0 Å². The van der Waals surface area contributed by atoms with Crippen LogP contribution in [0.5, 0.6) is 0 Å². The van der Waals surface area contributed by atoms with Crippen molar-refractivity contribution in [3.63, 3.8) is 0 Å². The van der Waals surface area contributed by atoms with Gasteiger partial charge in [0, 0.05) is 19.3 Å². The highest BCUT2D eigenvalue weighted by Crippen LogP contribution is 2.37. The van der Waals surface area contributed by atoms with Crippen LogP contribution in [0.15, 0.2) is 0 Å². The molecular formula is C8H13F2NS. The number of halogens is 2. The maximum absolute atomic E-state index is 12.7. The van der Waals surface area contributed by atoms with Gasteiger partial charge in [-0.2, -0.15) is 0 Å². The van der Waals surface area contributed by atoms with Gasteiger partial charge in [-0.15, -0.1) is 0 Å². The van der Waals surface area contributed by atoms with E-state index in [2.05, 4.69) is 0 Å². The third-order valence-corrected chi connectivity index (χ3v) is 2.49. The van der Waals surface area contributed by atoms with Gasteiger partial charge in [-0.05, 0) is 18.8 Å². The van der Waals surface area contributed by atoms with Gasteiger partial charge < -0.3 is 5.73 Å². The second kappa shape index (κ2) is 3.64. The van der Waals surface area contributed by atoms with E-state index in [0.29, 0.717) is 30.2 Å². The molecular weight excluding hydrogens is 180 g/mol. The quantitative estimate of drug-likeness (QED) is 0.682. The second-order valence-electron chi connectivity index (χ2n) is 3.47. The van der Waals surface area contributed by atoms with Gasteiger partial charge in [-0.3, -0.25) is 0 Å². The first-order chi connectivity index (χ1) is 5.49. The Hall–Kier alpha value is -0.250. The van der Waals surface area contributed by atoms with Crippen LogP contribution in [0.3, 0.4) is 0 Å². The monoisotopic (exact) mass is 193 g/mol. The number of nitrogens with two attached hydrogens (primary N) is 1. The predicted molar refractivity (Wildman–Crippen MR) is 48.3 cm³/mol. The Balaban J connectivity index is 2.31. The van der Waals surface area contributed by atoms with Crippen LogP contribution in [0.1, 0.15) is 32.1 Å². The molecule has 0 amide bonds. The molecule has 4 heteroatoms. The van der Waals surface area contributed by atoms with Crippen molar-refractivity contribution < 1.29 is 8.78 Å². The van der Waals surface area contributed by atoms with Crippen molar-refractivity contribution in [3.8, 4) is 0 Å². The average molecular weight is 193 g/mol. The number of hydrogen-bond acceptors (Lipinski definition) is 1. The first-order valence-corrected chi connectivity index (χ1v) is 4.56. The van der Waals surface area contributed by atoms with Gasteiger partial charge in [0.2, 0.25) is 5.92 Å². The van der Waals surface area contributed by atoms with Crippen LogP contribution in [0.4, 0.5) is 8.78 Å². The summed E-state index contributed by atoms with van der Waals surface area (Å²) in [5.74, 6) is -2.14. The summed E-state index contributed by atoms with van der Waals surface area (Å²) in [5, 5.41) is 0. The average Bonchev–Trinajstić information content (AvgIpc) is 1.93. The van der Waals surface area contributed by atoms with Gasteiger partial charge in [-0.25, -0.2) is 8.78 Å². The van der Waals surface area contributed by atoms with E-state index in [4.69, 9.17) is 18.0 Å². The lowest BCUT2D eigenvalue weighted by atomic mass is 9.85. The largest absolute Gasteiger partial charge is 0.393 e. The minimum atomic E-state index is -2.44. The molecule has 0 heterocycles. The van der Waals surface area contributed by atoms with E-state index in [1.54, 1.807) is 0 Å². The zero-order valence-electron chi connectivity index (χ0n) is 6.85. The molecule has 0 bridgehead atoms. The third-order valence-electron chi connectivity index (χ3n) is 2.33. The second-order valence-corrected chi connectivity index (χ2v) is 3.99. The summed E-state index contributed by atoms with van der Waals surface area (Å²) in [6, 6.07) is 0. The fourth-order valence-corrected chi connectivity index (χ4v) is 1.82. The Kier molecular flexibility index (Phi) is 2.99. The molecule has 1 nitrogen and oxygen atoms in total. The highest BCUT2D eigenvalue weighted by molar-refractivity contribution is 7.80. The summed E-state index contributed by atoms with van der Waals surface area (Å²) in [5.41, 5.74) is 5.33. The van der Waals surface area contributed by atoms with Gasteiger partial charge in [0.25, 0.3) is 0 Å². The number of rotatable bonds is 2. The normalized spacial score (nSPS) is 23.8. The minimum Gasteiger partial charge on any atom is -0.393 e. The Bertz CT molecular complexity index is 172. The van der Waals surface area contributed by atoms with Gasteiger partial charge >= 0.3 is 0 Å². The van der Waals surface area contributed by atoms with Crippen LogP contribution < -0.4 is 5.73 Å². The maximum Gasteiger partial charge on any atom is 0.248 e. The third kappa shape index (κ3) is 3.01. The minimum absolute atomic E-state index is 0.000278. The van der Waals surface area contributed by atoms with Crippen LogP contribution in [0.2, 0.25) is 0 Å². The van der Waals surface area contributed by atoms with E-state index in [1.807, 2.05) is 0 Å².